The van der Waals surface area contributed by atoms with E-state index < -0.39 is 0 Å². The number of ether oxygens (including phenoxy) is 1. The van der Waals surface area contributed by atoms with Gasteiger partial charge < -0.3 is 9.84 Å². The second-order valence-electron chi connectivity index (χ2n) is 4.35. The van der Waals surface area contributed by atoms with E-state index in [1.807, 2.05) is 54.6 Å². The van der Waals surface area contributed by atoms with E-state index in [1.54, 1.807) is 6.07 Å². The third kappa shape index (κ3) is 2.29. The van der Waals surface area contributed by atoms with Crippen molar-refractivity contribution in [3.05, 3.63) is 65.2 Å². The van der Waals surface area contributed by atoms with Crippen LogP contribution in [0.3, 0.4) is 0 Å². The van der Waals surface area contributed by atoms with Crippen molar-refractivity contribution in [3.8, 4) is 5.75 Å². The summed E-state index contributed by atoms with van der Waals surface area (Å²) in [5.41, 5.74) is 3.05. The lowest BCUT2D eigenvalue weighted by Crippen LogP contribution is -1.87. The molecule has 0 amide bonds. The monoisotopic (exact) mass is 238 g/mol. The molecule has 1 unspecified atom stereocenters. The van der Waals surface area contributed by atoms with Crippen molar-refractivity contribution in [3.63, 3.8) is 0 Å². The van der Waals surface area contributed by atoms with Gasteiger partial charge >= 0.3 is 0 Å². The molecule has 2 aromatic rings. The standard InChI is InChI=1S/C16H14O2/c17-14-8-4-7-13(16(14)15-11-18-15)10-9-12-5-2-1-3-6-12/h1-10,15,17H,11H2. The van der Waals surface area contributed by atoms with Crippen molar-refractivity contribution in [2.45, 2.75) is 6.10 Å². The molecule has 0 aromatic heterocycles. The summed E-state index contributed by atoms with van der Waals surface area (Å²) in [5.74, 6) is 0.313. The van der Waals surface area contributed by atoms with E-state index in [2.05, 4.69) is 0 Å². The average Bonchev–Trinajstić information content (AvgIpc) is 3.22. The van der Waals surface area contributed by atoms with E-state index in [-0.39, 0.29) is 6.10 Å². The highest BCUT2D eigenvalue weighted by Crippen LogP contribution is 2.38. The van der Waals surface area contributed by atoms with E-state index in [1.165, 1.54) is 0 Å². The lowest BCUT2D eigenvalue weighted by atomic mass is 10.0. The molecule has 0 spiro atoms. The molecule has 0 saturated carbocycles. The maximum atomic E-state index is 9.89. The predicted molar refractivity (Wildman–Crippen MR) is 72.2 cm³/mol. The maximum absolute atomic E-state index is 9.89. The van der Waals surface area contributed by atoms with Crippen molar-refractivity contribution in [2.24, 2.45) is 0 Å². The summed E-state index contributed by atoms with van der Waals surface area (Å²) in [4.78, 5) is 0. The number of hydrogen-bond acceptors (Lipinski definition) is 2. The molecule has 1 heterocycles. The number of phenols is 1. The summed E-state index contributed by atoms with van der Waals surface area (Å²) >= 11 is 0. The molecular weight excluding hydrogens is 224 g/mol. The quantitative estimate of drug-likeness (QED) is 0.654. The van der Waals surface area contributed by atoms with Crippen LogP contribution in [0.5, 0.6) is 5.75 Å². The Morgan fingerprint density at radius 3 is 2.50 bits per heavy atom. The van der Waals surface area contributed by atoms with Crippen LogP contribution in [0.25, 0.3) is 12.2 Å². The zero-order chi connectivity index (χ0) is 12.4. The number of hydrogen-bond donors (Lipinski definition) is 1. The van der Waals surface area contributed by atoms with Crippen molar-refractivity contribution in [1.29, 1.82) is 0 Å². The van der Waals surface area contributed by atoms with Gasteiger partial charge in [-0.1, -0.05) is 54.6 Å². The van der Waals surface area contributed by atoms with Crippen molar-refractivity contribution < 1.29 is 9.84 Å². The molecule has 90 valence electrons. The summed E-state index contributed by atoms with van der Waals surface area (Å²) in [7, 11) is 0. The molecule has 0 bridgehead atoms. The summed E-state index contributed by atoms with van der Waals surface area (Å²) in [6, 6.07) is 15.7. The molecule has 1 atom stereocenters. The topological polar surface area (TPSA) is 32.8 Å². The molecule has 1 N–H and O–H groups in total. The summed E-state index contributed by atoms with van der Waals surface area (Å²) in [6.07, 6.45) is 4.12. The molecule has 2 nitrogen and oxygen atoms in total. The summed E-state index contributed by atoms with van der Waals surface area (Å²) in [5, 5.41) is 9.89. The summed E-state index contributed by atoms with van der Waals surface area (Å²) in [6.45, 7) is 0.698. The van der Waals surface area contributed by atoms with Crippen LogP contribution >= 0.6 is 0 Å². The van der Waals surface area contributed by atoms with Gasteiger partial charge in [-0.25, -0.2) is 0 Å². The molecular formula is C16H14O2. The van der Waals surface area contributed by atoms with Crippen LogP contribution in [0, 0.1) is 0 Å². The zero-order valence-electron chi connectivity index (χ0n) is 9.91. The van der Waals surface area contributed by atoms with Gasteiger partial charge in [0.05, 0.1) is 6.61 Å². The number of aromatic hydroxyl groups is 1. The predicted octanol–water partition coefficient (Wildman–Crippen LogP) is 3.63. The average molecular weight is 238 g/mol. The second kappa shape index (κ2) is 4.67. The Bertz CT molecular complexity index is 569. The minimum absolute atomic E-state index is 0.0571. The Hall–Kier alpha value is -2.06. The second-order valence-corrected chi connectivity index (χ2v) is 4.35. The Balaban J connectivity index is 1.93. The van der Waals surface area contributed by atoms with Crippen LogP contribution in [-0.2, 0) is 4.74 Å². The third-order valence-electron chi connectivity index (χ3n) is 3.03. The van der Waals surface area contributed by atoms with E-state index in [9.17, 15) is 5.11 Å². The molecule has 1 aliphatic rings. The molecule has 1 fully saturated rings. The van der Waals surface area contributed by atoms with Crippen molar-refractivity contribution in [2.75, 3.05) is 6.61 Å². The molecule has 0 radical (unpaired) electrons. The molecule has 1 saturated heterocycles. The Morgan fingerprint density at radius 2 is 1.78 bits per heavy atom. The van der Waals surface area contributed by atoms with Gasteiger partial charge in [0.25, 0.3) is 0 Å². The van der Waals surface area contributed by atoms with Crippen molar-refractivity contribution in [1.82, 2.24) is 0 Å². The van der Waals surface area contributed by atoms with E-state index in [0.717, 1.165) is 16.7 Å². The molecule has 2 aromatic carbocycles. The van der Waals surface area contributed by atoms with Gasteiger partial charge in [-0.3, -0.25) is 0 Å². The van der Waals surface area contributed by atoms with Gasteiger partial charge in [-0.15, -0.1) is 0 Å². The fourth-order valence-corrected chi connectivity index (χ4v) is 2.03. The Morgan fingerprint density at radius 1 is 1.00 bits per heavy atom. The number of benzene rings is 2. The van der Waals surface area contributed by atoms with E-state index in [4.69, 9.17) is 4.74 Å². The van der Waals surface area contributed by atoms with E-state index in [0.29, 0.717) is 12.4 Å². The van der Waals surface area contributed by atoms with Gasteiger partial charge in [0.2, 0.25) is 0 Å². The first-order valence-electron chi connectivity index (χ1n) is 6.01. The van der Waals surface area contributed by atoms with Gasteiger partial charge in [0, 0.05) is 5.56 Å². The first-order valence-corrected chi connectivity index (χ1v) is 6.01. The number of epoxide rings is 1. The fraction of sp³-hybridized carbons (Fsp3) is 0.125. The van der Waals surface area contributed by atoms with Gasteiger partial charge in [0.15, 0.2) is 0 Å². The van der Waals surface area contributed by atoms with Crippen LogP contribution in [-0.4, -0.2) is 11.7 Å². The lowest BCUT2D eigenvalue weighted by molar-refractivity contribution is 0.400. The van der Waals surface area contributed by atoms with Gasteiger partial charge in [0.1, 0.15) is 11.9 Å². The SMILES string of the molecule is Oc1cccc(C=Cc2ccccc2)c1C1CO1. The highest BCUT2D eigenvalue weighted by molar-refractivity contribution is 5.72. The van der Waals surface area contributed by atoms with Crippen LogP contribution in [0.1, 0.15) is 22.8 Å². The van der Waals surface area contributed by atoms with Gasteiger partial charge in [-0.05, 0) is 17.2 Å². The largest absolute Gasteiger partial charge is 0.508 e. The smallest absolute Gasteiger partial charge is 0.122 e. The normalized spacial score (nSPS) is 18.1. The Labute approximate surface area is 106 Å². The van der Waals surface area contributed by atoms with Crippen LogP contribution in [0.15, 0.2) is 48.5 Å². The minimum Gasteiger partial charge on any atom is -0.508 e. The molecule has 18 heavy (non-hydrogen) atoms. The first-order chi connectivity index (χ1) is 8.84. The fourth-order valence-electron chi connectivity index (χ4n) is 2.03. The van der Waals surface area contributed by atoms with Gasteiger partial charge in [-0.2, -0.15) is 0 Å². The van der Waals surface area contributed by atoms with Crippen LogP contribution in [0.2, 0.25) is 0 Å². The molecule has 1 aliphatic heterocycles. The highest BCUT2D eigenvalue weighted by Gasteiger charge is 2.29. The first kappa shape index (κ1) is 11.1. The molecule has 2 heteroatoms. The number of rotatable bonds is 3. The number of phenolic OH excluding ortho intramolecular Hbond substituents is 1. The lowest BCUT2D eigenvalue weighted by Gasteiger charge is -2.05. The molecule has 3 rings (SSSR count). The molecule has 0 aliphatic carbocycles. The zero-order valence-corrected chi connectivity index (χ0v) is 9.91. The van der Waals surface area contributed by atoms with Crippen LogP contribution in [0.4, 0.5) is 0 Å². The Kier molecular flexibility index (Phi) is 2.87. The third-order valence-corrected chi connectivity index (χ3v) is 3.03. The summed E-state index contributed by atoms with van der Waals surface area (Å²) < 4.78 is 5.27. The van der Waals surface area contributed by atoms with Crippen molar-refractivity contribution >= 4 is 12.2 Å². The minimum atomic E-state index is 0.0571. The highest BCUT2D eigenvalue weighted by atomic mass is 16.6. The van der Waals surface area contributed by atoms with E-state index >= 15 is 0 Å². The van der Waals surface area contributed by atoms with Crippen LogP contribution < -0.4 is 0 Å². The maximum Gasteiger partial charge on any atom is 0.122 e.